The molecule has 4 rings (SSSR count). The molecule has 3 aromatic heterocycles. The van der Waals surface area contributed by atoms with Gasteiger partial charge in [0.2, 0.25) is 0 Å². The molecule has 0 aliphatic rings. The van der Waals surface area contributed by atoms with Crippen LogP contribution in [0.2, 0.25) is 5.02 Å². The van der Waals surface area contributed by atoms with Crippen LogP contribution in [0.5, 0.6) is 0 Å². The van der Waals surface area contributed by atoms with Crippen LogP contribution >= 0.6 is 11.6 Å². The summed E-state index contributed by atoms with van der Waals surface area (Å²) in [5.74, 6) is 0.127. The largest absolute Gasteiger partial charge is 0.338 e. The zero-order chi connectivity index (χ0) is 18.1. The molecule has 0 bridgehead atoms. The van der Waals surface area contributed by atoms with Gasteiger partial charge in [-0.05, 0) is 36.8 Å². The number of rotatable bonds is 3. The molecule has 0 aliphatic heterocycles. The molecule has 6 nitrogen and oxygen atoms in total. The van der Waals surface area contributed by atoms with Crippen molar-refractivity contribution in [3.63, 3.8) is 0 Å². The fraction of sp³-hybridized carbons (Fsp3) is 0.0556. The van der Waals surface area contributed by atoms with E-state index in [0.29, 0.717) is 22.0 Å². The second-order valence-corrected chi connectivity index (χ2v) is 6.00. The van der Waals surface area contributed by atoms with Crippen LogP contribution in [0, 0.1) is 12.7 Å². The van der Waals surface area contributed by atoms with Gasteiger partial charge in [-0.25, -0.2) is 24.3 Å². The van der Waals surface area contributed by atoms with Gasteiger partial charge in [0, 0.05) is 35.5 Å². The summed E-state index contributed by atoms with van der Waals surface area (Å²) in [6, 6.07) is 6.05. The molecule has 4 aromatic rings. The Morgan fingerprint density at radius 1 is 1.04 bits per heavy atom. The molecule has 0 saturated heterocycles. The van der Waals surface area contributed by atoms with Gasteiger partial charge in [-0.15, -0.1) is 0 Å². The molecule has 3 heterocycles. The zero-order valence-electron chi connectivity index (χ0n) is 13.6. The summed E-state index contributed by atoms with van der Waals surface area (Å²) >= 11 is 6.00. The van der Waals surface area contributed by atoms with Crippen molar-refractivity contribution in [1.82, 2.24) is 24.9 Å². The van der Waals surface area contributed by atoms with E-state index < -0.39 is 5.82 Å². The Kier molecular flexibility index (Phi) is 4.14. The van der Waals surface area contributed by atoms with Gasteiger partial charge in [0.15, 0.2) is 22.8 Å². The lowest BCUT2D eigenvalue weighted by Gasteiger charge is -2.11. The van der Waals surface area contributed by atoms with Crippen molar-refractivity contribution in [2.45, 2.75) is 6.92 Å². The maximum Gasteiger partial charge on any atom is 0.184 e. The topological polar surface area (TPSA) is 76.5 Å². The van der Waals surface area contributed by atoms with Crippen LogP contribution in [0.15, 0.2) is 49.1 Å². The van der Waals surface area contributed by atoms with Crippen molar-refractivity contribution < 1.29 is 4.39 Å². The van der Waals surface area contributed by atoms with Crippen molar-refractivity contribution >= 4 is 34.3 Å². The number of anilines is 2. The minimum Gasteiger partial charge on any atom is -0.338 e. The summed E-state index contributed by atoms with van der Waals surface area (Å²) in [6.07, 6.45) is 6.47. The average molecular weight is 367 g/mol. The number of fused-ring (bicyclic) bond motifs is 1. The van der Waals surface area contributed by atoms with Crippen LogP contribution in [0.4, 0.5) is 15.9 Å². The van der Waals surface area contributed by atoms with Crippen LogP contribution < -0.4 is 5.32 Å². The lowest BCUT2D eigenvalue weighted by molar-refractivity contribution is 0.630. The summed E-state index contributed by atoms with van der Waals surface area (Å²) in [4.78, 5) is 21.4. The second-order valence-electron chi connectivity index (χ2n) is 5.56. The first-order valence-corrected chi connectivity index (χ1v) is 8.11. The summed E-state index contributed by atoms with van der Waals surface area (Å²) in [7, 11) is 0. The van der Waals surface area contributed by atoms with Crippen molar-refractivity contribution in [3.05, 3.63) is 65.5 Å². The van der Waals surface area contributed by atoms with Gasteiger partial charge in [0.25, 0.3) is 0 Å². The van der Waals surface area contributed by atoms with E-state index >= 15 is 0 Å². The molecule has 0 amide bonds. The third-order valence-corrected chi connectivity index (χ3v) is 4.01. The SMILES string of the molecule is Cc1cnccc1Nc1nc(-c2cc(Cl)ccc2F)nc2nccnc12. The molecule has 0 atom stereocenters. The molecule has 1 aromatic carbocycles. The smallest absolute Gasteiger partial charge is 0.184 e. The van der Waals surface area contributed by atoms with Gasteiger partial charge in [-0.1, -0.05) is 11.6 Å². The molecule has 8 heteroatoms. The number of halogens is 2. The van der Waals surface area contributed by atoms with E-state index in [1.165, 1.54) is 24.4 Å². The van der Waals surface area contributed by atoms with E-state index in [-0.39, 0.29) is 11.4 Å². The Morgan fingerprint density at radius 3 is 2.73 bits per heavy atom. The Hall–Kier alpha value is -3.19. The maximum absolute atomic E-state index is 14.3. The van der Waals surface area contributed by atoms with Gasteiger partial charge < -0.3 is 5.32 Å². The van der Waals surface area contributed by atoms with Crippen molar-refractivity contribution in [3.8, 4) is 11.4 Å². The van der Waals surface area contributed by atoms with Gasteiger partial charge in [-0.2, -0.15) is 0 Å². The minimum atomic E-state index is -0.469. The molecule has 0 unspecified atom stereocenters. The highest BCUT2D eigenvalue weighted by Gasteiger charge is 2.15. The van der Waals surface area contributed by atoms with E-state index in [2.05, 4.69) is 30.2 Å². The first kappa shape index (κ1) is 16.3. The quantitative estimate of drug-likeness (QED) is 0.581. The van der Waals surface area contributed by atoms with E-state index in [1.807, 2.05) is 13.0 Å². The summed E-state index contributed by atoms with van der Waals surface area (Å²) in [6.45, 7) is 1.92. The van der Waals surface area contributed by atoms with Crippen LogP contribution in [0.1, 0.15) is 5.56 Å². The second kappa shape index (κ2) is 6.61. The highest BCUT2D eigenvalue weighted by molar-refractivity contribution is 6.30. The molecule has 1 N–H and O–H groups in total. The Balaban J connectivity index is 1.91. The lowest BCUT2D eigenvalue weighted by atomic mass is 10.2. The molecule has 0 spiro atoms. The monoisotopic (exact) mass is 366 g/mol. The third-order valence-electron chi connectivity index (χ3n) is 3.78. The predicted octanol–water partition coefficient (Wildman–Crippen LogP) is 4.33. The van der Waals surface area contributed by atoms with Crippen molar-refractivity contribution in [2.24, 2.45) is 0 Å². The van der Waals surface area contributed by atoms with Crippen LogP contribution in [0.25, 0.3) is 22.6 Å². The normalized spacial score (nSPS) is 10.9. The highest BCUT2D eigenvalue weighted by atomic mass is 35.5. The molecular formula is C18H12ClFN6. The van der Waals surface area contributed by atoms with Gasteiger partial charge in [0.1, 0.15) is 5.82 Å². The summed E-state index contributed by atoms with van der Waals surface area (Å²) < 4.78 is 14.3. The average Bonchev–Trinajstić information content (AvgIpc) is 2.65. The maximum atomic E-state index is 14.3. The van der Waals surface area contributed by atoms with E-state index in [9.17, 15) is 4.39 Å². The Morgan fingerprint density at radius 2 is 1.88 bits per heavy atom. The third kappa shape index (κ3) is 3.04. The molecular weight excluding hydrogens is 355 g/mol. The summed E-state index contributed by atoms with van der Waals surface area (Å²) in [5.41, 5.74) is 2.77. The first-order chi connectivity index (χ1) is 12.6. The number of aryl methyl sites for hydroxylation is 1. The van der Waals surface area contributed by atoms with Gasteiger partial charge in [0.05, 0.1) is 5.56 Å². The lowest BCUT2D eigenvalue weighted by Crippen LogP contribution is -2.03. The molecule has 0 fully saturated rings. The van der Waals surface area contributed by atoms with Crippen LogP contribution in [-0.4, -0.2) is 24.9 Å². The number of hydrogen-bond donors (Lipinski definition) is 1. The van der Waals surface area contributed by atoms with Crippen molar-refractivity contribution in [1.29, 1.82) is 0 Å². The zero-order valence-corrected chi connectivity index (χ0v) is 14.4. The van der Waals surface area contributed by atoms with Crippen molar-refractivity contribution in [2.75, 3.05) is 5.32 Å². The minimum absolute atomic E-state index is 0.173. The van der Waals surface area contributed by atoms with Crippen LogP contribution in [-0.2, 0) is 0 Å². The fourth-order valence-corrected chi connectivity index (χ4v) is 2.65. The molecule has 0 radical (unpaired) electrons. The molecule has 0 saturated carbocycles. The molecule has 128 valence electrons. The predicted molar refractivity (Wildman–Crippen MR) is 97.8 cm³/mol. The molecule has 0 aliphatic carbocycles. The van der Waals surface area contributed by atoms with E-state index in [0.717, 1.165) is 11.3 Å². The summed E-state index contributed by atoms with van der Waals surface area (Å²) in [5, 5.41) is 3.60. The van der Waals surface area contributed by atoms with Crippen LogP contribution in [0.3, 0.4) is 0 Å². The molecule has 26 heavy (non-hydrogen) atoms. The number of nitrogens with one attached hydrogen (secondary N) is 1. The number of hydrogen-bond acceptors (Lipinski definition) is 6. The number of benzene rings is 1. The number of aromatic nitrogens is 5. The van der Waals surface area contributed by atoms with E-state index in [4.69, 9.17) is 11.6 Å². The Bertz CT molecular complexity index is 1120. The van der Waals surface area contributed by atoms with E-state index in [1.54, 1.807) is 18.6 Å². The number of nitrogens with zero attached hydrogens (tertiary/aromatic N) is 5. The highest BCUT2D eigenvalue weighted by Crippen LogP contribution is 2.28. The standard InChI is InChI=1S/C18H12ClFN6/c1-10-9-21-5-4-14(10)24-18-15-17(23-7-6-22-15)25-16(26-18)12-8-11(19)2-3-13(12)20/h2-9H,1H3,(H,21,23,24,25,26). The first-order valence-electron chi connectivity index (χ1n) is 7.73. The number of pyridine rings is 1. The Labute approximate surface area is 153 Å². The fourth-order valence-electron chi connectivity index (χ4n) is 2.48. The van der Waals surface area contributed by atoms with Gasteiger partial charge in [-0.3, -0.25) is 4.98 Å². The van der Waals surface area contributed by atoms with Gasteiger partial charge >= 0.3 is 0 Å².